The van der Waals surface area contributed by atoms with Crippen molar-refractivity contribution in [2.24, 2.45) is 5.73 Å². The number of nitrogens with zero attached hydrogens (tertiary/aromatic N) is 1. The number of aryl methyl sites for hydroxylation is 1. The van der Waals surface area contributed by atoms with Gasteiger partial charge in [-0.25, -0.2) is 4.98 Å². The number of benzene rings is 1. The molecule has 1 aromatic carbocycles. The van der Waals surface area contributed by atoms with E-state index in [-0.39, 0.29) is 0 Å². The van der Waals surface area contributed by atoms with Crippen LogP contribution in [-0.4, -0.2) is 11.5 Å². The molecule has 0 aliphatic carbocycles. The van der Waals surface area contributed by atoms with Crippen LogP contribution in [0.4, 0.5) is 0 Å². The SMILES string of the molecule is CCc1nc2cc(CCN)ccc2o1. The van der Waals surface area contributed by atoms with Gasteiger partial charge in [0.1, 0.15) is 5.52 Å². The summed E-state index contributed by atoms with van der Waals surface area (Å²) in [5, 5.41) is 0. The van der Waals surface area contributed by atoms with E-state index in [1.54, 1.807) is 0 Å². The fourth-order valence-corrected chi connectivity index (χ4v) is 1.49. The number of rotatable bonds is 3. The maximum atomic E-state index is 5.51. The number of fused-ring (bicyclic) bond motifs is 1. The van der Waals surface area contributed by atoms with Crippen LogP contribution < -0.4 is 5.73 Å². The van der Waals surface area contributed by atoms with Gasteiger partial charge in [-0.15, -0.1) is 0 Å². The van der Waals surface area contributed by atoms with E-state index in [1.165, 1.54) is 5.56 Å². The Labute approximate surface area is 82.9 Å². The molecule has 2 rings (SSSR count). The lowest BCUT2D eigenvalue weighted by Gasteiger charge is -1.95. The highest BCUT2D eigenvalue weighted by molar-refractivity contribution is 5.73. The first kappa shape index (κ1) is 9.21. The maximum absolute atomic E-state index is 5.51. The molecular weight excluding hydrogens is 176 g/mol. The Morgan fingerprint density at radius 2 is 2.29 bits per heavy atom. The topological polar surface area (TPSA) is 52.0 Å². The lowest BCUT2D eigenvalue weighted by Crippen LogP contribution is -2.02. The maximum Gasteiger partial charge on any atom is 0.195 e. The van der Waals surface area contributed by atoms with Crippen molar-refractivity contribution in [1.82, 2.24) is 4.98 Å². The van der Waals surface area contributed by atoms with Gasteiger partial charge in [0.05, 0.1) is 0 Å². The quantitative estimate of drug-likeness (QED) is 0.804. The summed E-state index contributed by atoms with van der Waals surface area (Å²) in [5.74, 6) is 0.796. The van der Waals surface area contributed by atoms with Crippen LogP contribution in [0.25, 0.3) is 11.1 Å². The largest absolute Gasteiger partial charge is 0.441 e. The second kappa shape index (κ2) is 3.80. The lowest BCUT2D eigenvalue weighted by atomic mass is 10.1. The summed E-state index contributed by atoms with van der Waals surface area (Å²) in [4.78, 5) is 4.37. The van der Waals surface area contributed by atoms with E-state index >= 15 is 0 Å². The minimum atomic E-state index is 0.671. The third-order valence-corrected chi connectivity index (χ3v) is 2.23. The van der Waals surface area contributed by atoms with Gasteiger partial charge in [-0.1, -0.05) is 13.0 Å². The summed E-state index contributed by atoms with van der Waals surface area (Å²) < 4.78 is 5.51. The smallest absolute Gasteiger partial charge is 0.195 e. The molecule has 3 nitrogen and oxygen atoms in total. The van der Waals surface area contributed by atoms with Crippen LogP contribution in [0.3, 0.4) is 0 Å². The Morgan fingerprint density at radius 3 is 3.00 bits per heavy atom. The van der Waals surface area contributed by atoms with Gasteiger partial charge in [-0.05, 0) is 30.7 Å². The Balaban J connectivity index is 2.43. The van der Waals surface area contributed by atoms with E-state index < -0.39 is 0 Å². The Bertz CT molecular complexity index is 434. The summed E-state index contributed by atoms with van der Waals surface area (Å²) >= 11 is 0. The molecule has 0 aliphatic rings. The zero-order valence-electron chi connectivity index (χ0n) is 8.29. The molecule has 14 heavy (non-hydrogen) atoms. The Morgan fingerprint density at radius 1 is 1.43 bits per heavy atom. The van der Waals surface area contributed by atoms with Crippen molar-refractivity contribution in [3.8, 4) is 0 Å². The Hall–Kier alpha value is -1.35. The third kappa shape index (κ3) is 1.63. The van der Waals surface area contributed by atoms with Crippen molar-refractivity contribution >= 4 is 11.1 Å². The molecule has 2 aromatic rings. The molecule has 74 valence electrons. The summed E-state index contributed by atoms with van der Waals surface area (Å²) in [6.07, 6.45) is 1.73. The van der Waals surface area contributed by atoms with Gasteiger partial charge in [0.2, 0.25) is 0 Å². The highest BCUT2D eigenvalue weighted by Crippen LogP contribution is 2.17. The van der Waals surface area contributed by atoms with Crippen molar-refractivity contribution in [3.05, 3.63) is 29.7 Å². The van der Waals surface area contributed by atoms with E-state index in [0.29, 0.717) is 6.54 Å². The van der Waals surface area contributed by atoms with E-state index in [2.05, 4.69) is 4.98 Å². The van der Waals surface area contributed by atoms with Crippen LogP contribution in [0.1, 0.15) is 18.4 Å². The highest BCUT2D eigenvalue weighted by Gasteiger charge is 2.03. The molecular formula is C11H14N2O. The van der Waals surface area contributed by atoms with Crippen molar-refractivity contribution in [2.75, 3.05) is 6.54 Å². The second-order valence-electron chi connectivity index (χ2n) is 3.30. The number of oxazole rings is 1. The summed E-state index contributed by atoms with van der Waals surface area (Å²) in [7, 11) is 0. The first-order valence-electron chi connectivity index (χ1n) is 4.92. The van der Waals surface area contributed by atoms with E-state index in [0.717, 1.165) is 29.8 Å². The van der Waals surface area contributed by atoms with Crippen molar-refractivity contribution < 1.29 is 4.42 Å². The van der Waals surface area contributed by atoms with E-state index in [1.807, 2.05) is 25.1 Å². The molecule has 3 heteroatoms. The van der Waals surface area contributed by atoms with E-state index in [9.17, 15) is 0 Å². The van der Waals surface area contributed by atoms with Crippen LogP contribution >= 0.6 is 0 Å². The first-order valence-corrected chi connectivity index (χ1v) is 4.92. The van der Waals surface area contributed by atoms with Crippen molar-refractivity contribution in [2.45, 2.75) is 19.8 Å². The van der Waals surface area contributed by atoms with Gasteiger partial charge in [-0.3, -0.25) is 0 Å². The minimum absolute atomic E-state index is 0.671. The van der Waals surface area contributed by atoms with Crippen LogP contribution in [0, 0.1) is 0 Å². The minimum Gasteiger partial charge on any atom is -0.441 e. The van der Waals surface area contributed by atoms with Gasteiger partial charge in [0, 0.05) is 6.42 Å². The van der Waals surface area contributed by atoms with Gasteiger partial charge >= 0.3 is 0 Å². The van der Waals surface area contributed by atoms with Crippen molar-refractivity contribution in [3.63, 3.8) is 0 Å². The second-order valence-corrected chi connectivity index (χ2v) is 3.30. The van der Waals surface area contributed by atoms with Crippen LogP contribution in [-0.2, 0) is 12.8 Å². The number of nitrogens with two attached hydrogens (primary N) is 1. The van der Waals surface area contributed by atoms with Crippen LogP contribution in [0.5, 0.6) is 0 Å². The van der Waals surface area contributed by atoms with E-state index in [4.69, 9.17) is 10.2 Å². The molecule has 0 fully saturated rings. The third-order valence-electron chi connectivity index (χ3n) is 2.23. The molecule has 2 N–H and O–H groups in total. The van der Waals surface area contributed by atoms with Crippen molar-refractivity contribution in [1.29, 1.82) is 0 Å². The standard InChI is InChI=1S/C11H14N2O/c1-2-11-13-9-7-8(5-6-12)3-4-10(9)14-11/h3-4,7H,2,5-6,12H2,1H3. The molecule has 1 aromatic heterocycles. The monoisotopic (exact) mass is 190 g/mol. The Kier molecular flexibility index (Phi) is 2.50. The lowest BCUT2D eigenvalue weighted by molar-refractivity contribution is 0.538. The zero-order valence-corrected chi connectivity index (χ0v) is 8.29. The predicted octanol–water partition coefficient (Wildman–Crippen LogP) is 1.89. The van der Waals surface area contributed by atoms with Gasteiger partial charge in [0.15, 0.2) is 11.5 Å². The summed E-state index contributed by atoms with van der Waals surface area (Å²) in [5.41, 5.74) is 8.51. The fraction of sp³-hybridized carbons (Fsp3) is 0.364. The first-order chi connectivity index (χ1) is 6.83. The fourth-order valence-electron chi connectivity index (χ4n) is 1.49. The van der Waals surface area contributed by atoms with Crippen LogP contribution in [0.2, 0.25) is 0 Å². The number of aromatic nitrogens is 1. The predicted molar refractivity (Wildman–Crippen MR) is 56.1 cm³/mol. The molecule has 0 bridgehead atoms. The molecule has 0 aliphatic heterocycles. The summed E-state index contributed by atoms with van der Waals surface area (Å²) in [6.45, 7) is 2.70. The average molecular weight is 190 g/mol. The molecule has 0 saturated heterocycles. The molecule has 0 unspecified atom stereocenters. The normalized spacial score (nSPS) is 11.0. The molecule has 0 amide bonds. The van der Waals surface area contributed by atoms with Gasteiger partial charge in [-0.2, -0.15) is 0 Å². The summed E-state index contributed by atoms with van der Waals surface area (Å²) in [6, 6.07) is 6.05. The highest BCUT2D eigenvalue weighted by atomic mass is 16.3. The molecule has 0 saturated carbocycles. The molecule has 0 atom stereocenters. The zero-order chi connectivity index (χ0) is 9.97. The molecule has 0 radical (unpaired) electrons. The number of hydrogen-bond donors (Lipinski definition) is 1. The average Bonchev–Trinajstić information content (AvgIpc) is 2.60. The molecule has 1 heterocycles. The van der Waals surface area contributed by atoms with Gasteiger partial charge < -0.3 is 10.2 Å². The number of hydrogen-bond acceptors (Lipinski definition) is 3. The van der Waals surface area contributed by atoms with Gasteiger partial charge in [0.25, 0.3) is 0 Å². The van der Waals surface area contributed by atoms with Crippen LogP contribution in [0.15, 0.2) is 22.6 Å². The molecule has 0 spiro atoms.